The van der Waals surface area contributed by atoms with Crippen LogP contribution in [0.1, 0.15) is 37.3 Å². The summed E-state index contributed by atoms with van der Waals surface area (Å²) in [5.74, 6) is 0.238. The molecule has 1 aliphatic heterocycles. The van der Waals surface area contributed by atoms with Crippen molar-refractivity contribution in [3.05, 3.63) is 35.9 Å². The van der Waals surface area contributed by atoms with Gasteiger partial charge in [-0.25, -0.2) is 0 Å². The van der Waals surface area contributed by atoms with Crippen LogP contribution in [0.5, 0.6) is 0 Å². The Hall–Kier alpha value is -1.39. The molecule has 0 bridgehead atoms. The Morgan fingerprint density at radius 1 is 1.25 bits per heavy atom. The molecule has 1 aliphatic rings. The minimum atomic E-state index is 0.127. The second-order valence-electron chi connectivity index (χ2n) is 5.35. The van der Waals surface area contributed by atoms with Gasteiger partial charge >= 0.3 is 0 Å². The summed E-state index contributed by atoms with van der Waals surface area (Å²) in [5.41, 5.74) is 6.76. The number of nitrogens with two attached hydrogens (primary N) is 1. The Morgan fingerprint density at radius 3 is 2.80 bits per heavy atom. The number of amides is 1. The number of nitrogens with one attached hydrogen (secondary N) is 1. The van der Waals surface area contributed by atoms with Gasteiger partial charge in [-0.05, 0) is 37.9 Å². The molecule has 3 N–H and O–H groups in total. The number of carbonyl (C=O) groups is 1. The summed E-state index contributed by atoms with van der Waals surface area (Å²) in [7, 11) is 0. The van der Waals surface area contributed by atoms with Crippen LogP contribution in [0, 0.1) is 0 Å². The first-order valence-electron chi connectivity index (χ1n) is 7.57. The summed E-state index contributed by atoms with van der Waals surface area (Å²) in [6.07, 6.45) is 3.59. The van der Waals surface area contributed by atoms with E-state index in [1.807, 2.05) is 23.1 Å². The fourth-order valence-electron chi connectivity index (χ4n) is 2.64. The zero-order chi connectivity index (χ0) is 14.2. The number of hydrogen-bond acceptors (Lipinski definition) is 3. The first kappa shape index (κ1) is 15.0. The van der Waals surface area contributed by atoms with Gasteiger partial charge in [-0.15, -0.1) is 0 Å². The van der Waals surface area contributed by atoms with Crippen molar-refractivity contribution in [2.24, 2.45) is 5.73 Å². The van der Waals surface area contributed by atoms with E-state index in [1.54, 1.807) is 0 Å². The molecule has 0 radical (unpaired) electrons. The molecule has 1 heterocycles. The first-order chi connectivity index (χ1) is 9.81. The van der Waals surface area contributed by atoms with Crippen LogP contribution in [0.15, 0.2) is 30.3 Å². The number of rotatable bonds is 4. The summed E-state index contributed by atoms with van der Waals surface area (Å²) in [6.45, 7) is 3.26. The molecule has 0 aliphatic carbocycles. The fourth-order valence-corrected chi connectivity index (χ4v) is 2.64. The van der Waals surface area contributed by atoms with Gasteiger partial charge in [-0.1, -0.05) is 30.3 Å². The number of hydrogen-bond donors (Lipinski definition) is 2. The normalized spacial score (nSPS) is 21.1. The summed E-state index contributed by atoms with van der Waals surface area (Å²) < 4.78 is 0. The Bertz CT molecular complexity index is 407. The third kappa shape index (κ3) is 4.32. The second-order valence-corrected chi connectivity index (χ2v) is 5.35. The van der Waals surface area contributed by atoms with Gasteiger partial charge in [0.05, 0.1) is 0 Å². The van der Waals surface area contributed by atoms with E-state index in [-0.39, 0.29) is 11.9 Å². The van der Waals surface area contributed by atoms with Crippen molar-refractivity contribution in [1.82, 2.24) is 10.2 Å². The van der Waals surface area contributed by atoms with E-state index in [9.17, 15) is 4.79 Å². The van der Waals surface area contributed by atoms with E-state index < -0.39 is 0 Å². The molecule has 1 aromatic rings. The molecule has 1 atom stereocenters. The van der Waals surface area contributed by atoms with Crippen LogP contribution in [0.2, 0.25) is 0 Å². The average Bonchev–Trinajstić information content (AvgIpc) is 2.57. The number of carbonyl (C=O) groups excluding carboxylic acids is 1. The maximum atomic E-state index is 12.5. The first-order valence-corrected chi connectivity index (χ1v) is 7.57. The van der Waals surface area contributed by atoms with Crippen LogP contribution < -0.4 is 11.1 Å². The quantitative estimate of drug-likeness (QED) is 0.879. The summed E-state index contributed by atoms with van der Waals surface area (Å²) in [5, 5.41) is 3.51. The maximum Gasteiger partial charge on any atom is 0.224 e. The van der Waals surface area contributed by atoms with Crippen LogP contribution in [-0.4, -0.2) is 37.0 Å². The lowest BCUT2D eigenvalue weighted by Crippen LogP contribution is -2.35. The summed E-state index contributed by atoms with van der Waals surface area (Å²) >= 11 is 0. The molecule has 4 nitrogen and oxygen atoms in total. The monoisotopic (exact) mass is 275 g/mol. The van der Waals surface area contributed by atoms with Gasteiger partial charge in [0.15, 0.2) is 0 Å². The Morgan fingerprint density at radius 2 is 2.05 bits per heavy atom. The highest BCUT2D eigenvalue weighted by Crippen LogP contribution is 2.19. The van der Waals surface area contributed by atoms with Gasteiger partial charge in [0.1, 0.15) is 0 Å². The van der Waals surface area contributed by atoms with Crippen LogP contribution in [-0.2, 0) is 4.79 Å². The van der Waals surface area contributed by atoms with Crippen molar-refractivity contribution in [2.45, 2.75) is 31.7 Å². The molecule has 0 saturated carbocycles. The van der Waals surface area contributed by atoms with Crippen molar-refractivity contribution in [3.63, 3.8) is 0 Å². The van der Waals surface area contributed by atoms with Gasteiger partial charge in [0, 0.05) is 25.6 Å². The molecular formula is C16H25N3O. The third-order valence-corrected chi connectivity index (χ3v) is 3.81. The van der Waals surface area contributed by atoms with E-state index in [0.29, 0.717) is 13.0 Å². The van der Waals surface area contributed by atoms with E-state index in [0.717, 1.165) is 38.9 Å². The molecule has 110 valence electrons. The van der Waals surface area contributed by atoms with Crippen molar-refractivity contribution < 1.29 is 4.79 Å². The van der Waals surface area contributed by atoms with Gasteiger partial charge in [-0.2, -0.15) is 0 Å². The summed E-state index contributed by atoms with van der Waals surface area (Å²) in [4.78, 5) is 14.4. The number of benzene rings is 1. The standard InChI is InChI=1S/C16H25N3O/c17-9-6-12-19-11-5-4-10-18-15(13-16(19)20)14-7-2-1-3-8-14/h1-3,7-8,15,18H,4-6,9-13,17H2. The topological polar surface area (TPSA) is 58.4 Å². The molecule has 2 rings (SSSR count). The Balaban J connectivity index is 2.05. The molecule has 20 heavy (non-hydrogen) atoms. The zero-order valence-electron chi connectivity index (χ0n) is 12.1. The van der Waals surface area contributed by atoms with Crippen LogP contribution >= 0.6 is 0 Å². The molecular weight excluding hydrogens is 250 g/mol. The van der Waals surface area contributed by atoms with E-state index in [1.165, 1.54) is 5.56 Å². The second kappa shape index (κ2) is 8.02. The largest absolute Gasteiger partial charge is 0.343 e. The van der Waals surface area contributed by atoms with Crippen molar-refractivity contribution >= 4 is 5.91 Å². The predicted octanol–water partition coefficient (Wildman–Crippen LogP) is 1.68. The van der Waals surface area contributed by atoms with Gasteiger partial charge in [0.2, 0.25) is 5.91 Å². The SMILES string of the molecule is NCCCN1CCCCNC(c2ccccc2)CC1=O. The Kier molecular flexibility index (Phi) is 6.02. The van der Waals surface area contributed by atoms with Gasteiger partial charge in [0.25, 0.3) is 0 Å². The van der Waals surface area contributed by atoms with E-state index in [2.05, 4.69) is 17.4 Å². The highest BCUT2D eigenvalue weighted by atomic mass is 16.2. The predicted molar refractivity (Wildman–Crippen MR) is 81.3 cm³/mol. The molecule has 0 aromatic heterocycles. The fraction of sp³-hybridized carbons (Fsp3) is 0.562. The highest BCUT2D eigenvalue weighted by Gasteiger charge is 2.21. The Labute approximate surface area is 121 Å². The minimum Gasteiger partial charge on any atom is -0.343 e. The number of nitrogens with zero attached hydrogens (tertiary/aromatic N) is 1. The molecule has 0 spiro atoms. The van der Waals surface area contributed by atoms with Crippen LogP contribution in [0.25, 0.3) is 0 Å². The third-order valence-electron chi connectivity index (χ3n) is 3.81. The summed E-state index contributed by atoms with van der Waals surface area (Å²) in [6, 6.07) is 10.4. The average molecular weight is 275 g/mol. The molecule has 1 fully saturated rings. The molecule has 1 unspecified atom stereocenters. The van der Waals surface area contributed by atoms with E-state index in [4.69, 9.17) is 5.73 Å². The van der Waals surface area contributed by atoms with Crippen molar-refractivity contribution in [2.75, 3.05) is 26.2 Å². The molecule has 1 saturated heterocycles. The zero-order valence-corrected chi connectivity index (χ0v) is 12.1. The van der Waals surface area contributed by atoms with Crippen LogP contribution in [0.4, 0.5) is 0 Å². The van der Waals surface area contributed by atoms with Gasteiger partial charge < -0.3 is 16.0 Å². The molecule has 4 heteroatoms. The molecule has 1 aromatic carbocycles. The molecule has 1 amide bonds. The van der Waals surface area contributed by atoms with Crippen molar-refractivity contribution in [1.29, 1.82) is 0 Å². The van der Waals surface area contributed by atoms with Crippen molar-refractivity contribution in [3.8, 4) is 0 Å². The lowest BCUT2D eigenvalue weighted by atomic mass is 10.0. The van der Waals surface area contributed by atoms with E-state index >= 15 is 0 Å². The highest BCUT2D eigenvalue weighted by molar-refractivity contribution is 5.77. The maximum absolute atomic E-state index is 12.5. The smallest absolute Gasteiger partial charge is 0.224 e. The van der Waals surface area contributed by atoms with Crippen LogP contribution in [0.3, 0.4) is 0 Å². The lowest BCUT2D eigenvalue weighted by Gasteiger charge is -2.24. The minimum absolute atomic E-state index is 0.127. The lowest BCUT2D eigenvalue weighted by molar-refractivity contribution is -0.131. The van der Waals surface area contributed by atoms with Gasteiger partial charge in [-0.3, -0.25) is 4.79 Å².